The van der Waals surface area contributed by atoms with Gasteiger partial charge in [-0.15, -0.1) is 0 Å². The fourth-order valence-electron chi connectivity index (χ4n) is 2.15. The summed E-state index contributed by atoms with van der Waals surface area (Å²) >= 11 is 11.9. The van der Waals surface area contributed by atoms with Crippen LogP contribution < -0.4 is 11.1 Å². The molecule has 3 N–H and O–H groups in total. The van der Waals surface area contributed by atoms with E-state index in [2.05, 4.69) is 5.32 Å². The van der Waals surface area contributed by atoms with E-state index in [0.29, 0.717) is 35.2 Å². The van der Waals surface area contributed by atoms with Gasteiger partial charge in [-0.3, -0.25) is 4.79 Å². The third-order valence-electron chi connectivity index (χ3n) is 3.46. The molecule has 0 atom stereocenters. The summed E-state index contributed by atoms with van der Waals surface area (Å²) in [6.07, 6.45) is 0. The molecule has 1 amide bonds. The summed E-state index contributed by atoms with van der Waals surface area (Å²) in [6, 6.07) is 12.8. The second kappa shape index (κ2) is 18.4. The second-order valence-electron chi connectivity index (χ2n) is 5.47. The van der Waals surface area contributed by atoms with Gasteiger partial charge in [0.15, 0.2) is 0 Å². The lowest BCUT2D eigenvalue weighted by Crippen LogP contribution is -2.30. The van der Waals surface area contributed by atoms with Gasteiger partial charge in [-0.05, 0) is 56.4 Å². The van der Waals surface area contributed by atoms with Crippen LogP contribution in [-0.2, 0) is 13.1 Å². The van der Waals surface area contributed by atoms with E-state index in [-0.39, 0.29) is 5.91 Å². The average molecular weight is 442 g/mol. The predicted octanol–water partition coefficient (Wildman–Crippen LogP) is 6.00. The van der Waals surface area contributed by atoms with Crippen molar-refractivity contribution in [3.05, 3.63) is 69.2 Å². The van der Waals surface area contributed by atoms with E-state index in [1.165, 1.54) is 0 Å². The minimum atomic E-state index is -0.0165. The van der Waals surface area contributed by atoms with E-state index in [9.17, 15) is 4.79 Å². The monoisotopic (exact) mass is 441 g/mol. The van der Waals surface area contributed by atoms with Crippen LogP contribution in [0.5, 0.6) is 0 Å². The summed E-state index contributed by atoms with van der Waals surface area (Å²) in [4.78, 5) is 14.3. The standard InChI is InChI=1S/C17H18Cl2N2O.C2H7N.2C2H6/c1-2-21(11-13-5-8-15(18)16(19)9-13)17(22)14-6-3-12(10-20)4-7-14;1-3-2;2*1-2/h3-9H,2,10-11,20H2,1H3;3H,1-2H3;2*1-2H3. The largest absolute Gasteiger partial charge is 0.335 e. The van der Waals surface area contributed by atoms with E-state index < -0.39 is 0 Å². The molecule has 2 rings (SSSR count). The first-order chi connectivity index (χ1) is 14.0. The van der Waals surface area contributed by atoms with Crippen LogP contribution in [0.25, 0.3) is 0 Å². The molecule has 0 fully saturated rings. The van der Waals surface area contributed by atoms with Gasteiger partial charge in [-0.2, -0.15) is 0 Å². The Morgan fingerprint density at radius 3 is 1.83 bits per heavy atom. The molecule has 2 aromatic rings. The Labute approximate surface area is 187 Å². The Morgan fingerprint density at radius 1 is 0.931 bits per heavy atom. The summed E-state index contributed by atoms with van der Waals surface area (Å²) < 4.78 is 0. The molecule has 0 aliphatic heterocycles. The molecule has 2 aromatic carbocycles. The van der Waals surface area contributed by atoms with Crippen LogP contribution >= 0.6 is 23.2 Å². The number of nitrogens with two attached hydrogens (primary N) is 1. The SMILES string of the molecule is CC.CC.CCN(Cc1ccc(Cl)c(Cl)c1)C(=O)c1ccc(CN)cc1.CNC. The van der Waals surface area contributed by atoms with Crippen molar-refractivity contribution in [3.8, 4) is 0 Å². The number of benzene rings is 2. The van der Waals surface area contributed by atoms with Crippen molar-refractivity contribution in [2.75, 3.05) is 20.6 Å². The van der Waals surface area contributed by atoms with Crippen molar-refractivity contribution in [1.29, 1.82) is 0 Å². The molecule has 0 spiro atoms. The van der Waals surface area contributed by atoms with Crippen LogP contribution in [0.15, 0.2) is 42.5 Å². The summed E-state index contributed by atoms with van der Waals surface area (Å²) in [5.74, 6) is -0.0165. The van der Waals surface area contributed by atoms with Crippen molar-refractivity contribution < 1.29 is 4.79 Å². The number of hydrogen-bond acceptors (Lipinski definition) is 3. The first-order valence-corrected chi connectivity index (χ1v) is 10.8. The third-order valence-corrected chi connectivity index (χ3v) is 4.20. The normalized spacial score (nSPS) is 9.03. The molecule has 6 heteroatoms. The molecule has 0 saturated heterocycles. The zero-order valence-corrected chi connectivity index (χ0v) is 20.4. The van der Waals surface area contributed by atoms with Gasteiger partial charge in [-0.25, -0.2) is 0 Å². The maximum absolute atomic E-state index is 12.6. The molecule has 29 heavy (non-hydrogen) atoms. The molecule has 0 aliphatic rings. The molecule has 0 radical (unpaired) electrons. The van der Waals surface area contributed by atoms with Crippen LogP contribution in [-0.4, -0.2) is 31.4 Å². The van der Waals surface area contributed by atoms with Crippen molar-refractivity contribution >= 4 is 29.1 Å². The van der Waals surface area contributed by atoms with Gasteiger partial charge in [0, 0.05) is 25.2 Å². The number of carbonyl (C=O) groups excluding carboxylic acids is 1. The molecule has 0 heterocycles. The van der Waals surface area contributed by atoms with Gasteiger partial charge >= 0.3 is 0 Å². The summed E-state index contributed by atoms with van der Waals surface area (Å²) in [6.45, 7) is 11.5. The Kier molecular flexibility index (Phi) is 18.8. The Bertz CT molecular complexity index is 676. The molecule has 4 nitrogen and oxygen atoms in total. The maximum Gasteiger partial charge on any atom is 0.254 e. The van der Waals surface area contributed by atoms with Gasteiger partial charge < -0.3 is 16.0 Å². The number of amides is 1. The van der Waals surface area contributed by atoms with Gasteiger partial charge in [0.1, 0.15) is 0 Å². The van der Waals surface area contributed by atoms with E-state index in [4.69, 9.17) is 28.9 Å². The van der Waals surface area contributed by atoms with Crippen molar-refractivity contribution in [3.63, 3.8) is 0 Å². The van der Waals surface area contributed by atoms with Crippen LogP contribution in [0.1, 0.15) is 56.1 Å². The first-order valence-electron chi connectivity index (χ1n) is 10.1. The highest BCUT2D eigenvalue weighted by Gasteiger charge is 2.15. The van der Waals surface area contributed by atoms with E-state index in [0.717, 1.165) is 11.1 Å². The van der Waals surface area contributed by atoms with Crippen LogP contribution in [0.2, 0.25) is 10.0 Å². The van der Waals surface area contributed by atoms with Crippen LogP contribution in [0.4, 0.5) is 0 Å². The molecule has 0 aromatic heterocycles. The first kappa shape index (κ1) is 29.6. The number of nitrogens with one attached hydrogen (secondary N) is 1. The van der Waals surface area contributed by atoms with Gasteiger partial charge in [0.05, 0.1) is 10.0 Å². The fraction of sp³-hybridized carbons (Fsp3) is 0.435. The highest BCUT2D eigenvalue weighted by molar-refractivity contribution is 6.42. The summed E-state index contributed by atoms with van der Waals surface area (Å²) in [5.41, 5.74) is 8.17. The lowest BCUT2D eigenvalue weighted by atomic mass is 10.1. The topological polar surface area (TPSA) is 58.4 Å². The number of nitrogens with zero attached hydrogens (tertiary/aromatic N) is 1. The Balaban J connectivity index is 0. The third kappa shape index (κ3) is 11.2. The summed E-state index contributed by atoms with van der Waals surface area (Å²) in [7, 11) is 3.75. The van der Waals surface area contributed by atoms with Gasteiger partial charge in [-0.1, -0.05) is 69.1 Å². The zero-order valence-electron chi connectivity index (χ0n) is 18.9. The smallest absolute Gasteiger partial charge is 0.254 e. The van der Waals surface area contributed by atoms with Crippen molar-refractivity contribution in [2.45, 2.75) is 47.7 Å². The molecule has 0 bridgehead atoms. The molecule has 0 saturated carbocycles. The average Bonchev–Trinajstić information content (AvgIpc) is 2.77. The van der Waals surface area contributed by atoms with Crippen molar-refractivity contribution in [1.82, 2.24) is 10.2 Å². The van der Waals surface area contributed by atoms with Crippen LogP contribution in [0.3, 0.4) is 0 Å². The highest BCUT2D eigenvalue weighted by atomic mass is 35.5. The van der Waals surface area contributed by atoms with Gasteiger partial charge in [0.25, 0.3) is 5.91 Å². The van der Waals surface area contributed by atoms with E-state index in [1.807, 2.05) is 79.0 Å². The van der Waals surface area contributed by atoms with E-state index in [1.54, 1.807) is 17.0 Å². The fourth-order valence-corrected chi connectivity index (χ4v) is 2.47. The lowest BCUT2D eigenvalue weighted by molar-refractivity contribution is 0.0752. The number of rotatable bonds is 5. The van der Waals surface area contributed by atoms with Crippen LogP contribution in [0, 0.1) is 0 Å². The number of carbonyl (C=O) groups is 1. The number of hydrogen-bond donors (Lipinski definition) is 2. The second-order valence-corrected chi connectivity index (χ2v) is 6.28. The van der Waals surface area contributed by atoms with E-state index >= 15 is 0 Å². The van der Waals surface area contributed by atoms with Gasteiger partial charge in [0.2, 0.25) is 0 Å². The summed E-state index contributed by atoms with van der Waals surface area (Å²) in [5, 5.41) is 3.76. The molecule has 164 valence electrons. The Hall–Kier alpha value is -1.59. The molecular weight excluding hydrogens is 405 g/mol. The zero-order chi connectivity index (χ0) is 22.8. The molecule has 0 aliphatic carbocycles. The van der Waals surface area contributed by atoms with Crippen molar-refractivity contribution in [2.24, 2.45) is 5.73 Å². The molecular formula is C23H37Cl2N3O. The maximum atomic E-state index is 12.6. The number of halogens is 2. The highest BCUT2D eigenvalue weighted by Crippen LogP contribution is 2.23. The molecule has 0 unspecified atom stereocenters. The minimum Gasteiger partial charge on any atom is -0.335 e. The minimum absolute atomic E-state index is 0.0165. The quantitative estimate of drug-likeness (QED) is 0.597. The lowest BCUT2D eigenvalue weighted by Gasteiger charge is -2.21. The predicted molar refractivity (Wildman–Crippen MR) is 129 cm³/mol. The Morgan fingerprint density at radius 2 is 1.41 bits per heavy atom.